The average Bonchev–Trinajstić information content (AvgIpc) is 3.47. The Hall–Kier alpha value is -4.20. The van der Waals surface area contributed by atoms with Crippen molar-refractivity contribution in [3.05, 3.63) is 106 Å². The number of benzene rings is 3. The van der Waals surface area contributed by atoms with Gasteiger partial charge in [0.15, 0.2) is 0 Å². The number of amides is 1. The van der Waals surface area contributed by atoms with Gasteiger partial charge in [0.1, 0.15) is 11.3 Å². The standard InChI is InChI=1S/C32H33AsN4O5/c1-18-12-23(29(33)38)13-19(2)24(18)15-26(34)31(39)37(17-21-10-11-28(42-4)25(14-21)32(40)41)20(3)30-35-16-27(36-30)22-8-6-5-7-9-22/h5-14,16,20,26H,15,17,34H2,1-4H3,(H,35,36)(H,40,41)/t20-,26-/m0/s1. The first-order valence-corrected chi connectivity index (χ1v) is 14.3. The van der Waals surface area contributed by atoms with Crippen LogP contribution in [-0.4, -0.2) is 66.4 Å². The van der Waals surface area contributed by atoms with Crippen LogP contribution in [0, 0.1) is 13.8 Å². The second-order valence-corrected chi connectivity index (χ2v) is 11.1. The fourth-order valence-corrected chi connectivity index (χ4v) is 5.31. The van der Waals surface area contributed by atoms with E-state index in [0.717, 1.165) is 27.9 Å². The van der Waals surface area contributed by atoms with Crippen LogP contribution in [0.1, 0.15) is 61.8 Å². The van der Waals surface area contributed by atoms with Crippen LogP contribution in [-0.2, 0) is 17.8 Å². The van der Waals surface area contributed by atoms with E-state index in [1.165, 1.54) is 13.2 Å². The third-order valence-corrected chi connectivity index (χ3v) is 7.90. The van der Waals surface area contributed by atoms with Gasteiger partial charge in [0, 0.05) is 0 Å². The molecule has 0 saturated heterocycles. The van der Waals surface area contributed by atoms with E-state index >= 15 is 0 Å². The van der Waals surface area contributed by atoms with Crippen LogP contribution in [0.15, 0.2) is 66.9 Å². The predicted molar refractivity (Wildman–Crippen MR) is 161 cm³/mol. The normalized spacial score (nSPS) is 12.4. The molecule has 0 aliphatic rings. The average molecular weight is 629 g/mol. The summed E-state index contributed by atoms with van der Waals surface area (Å²) in [6, 6.07) is 16.7. The second-order valence-electron chi connectivity index (χ2n) is 10.2. The van der Waals surface area contributed by atoms with Crippen molar-refractivity contribution in [3.63, 3.8) is 0 Å². The number of aromatic carboxylic acids is 1. The molecule has 216 valence electrons. The number of H-pyrrole nitrogens is 1. The zero-order valence-electron chi connectivity index (χ0n) is 23.9. The molecule has 0 fully saturated rings. The molecule has 1 aromatic heterocycles. The molecule has 0 aliphatic heterocycles. The molecule has 0 bridgehead atoms. The fraction of sp³-hybridized carbons (Fsp3) is 0.250. The van der Waals surface area contributed by atoms with Crippen LogP contribution in [0.5, 0.6) is 5.75 Å². The maximum atomic E-state index is 14.0. The zero-order valence-corrected chi connectivity index (χ0v) is 25.8. The van der Waals surface area contributed by atoms with Gasteiger partial charge in [0.25, 0.3) is 0 Å². The number of methoxy groups -OCH3 is 1. The predicted octanol–water partition coefficient (Wildman–Crippen LogP) is 4.37. The molecule has 3 aromatic carbocycles. The van der Waals surface area contributed by atoms with Crippen molar-refractivity contribution in [1.29, 1.82) is 0 Å². The Bertz CT molecular complexity index is 1600. The van der Waals surface area contributed by atoms with Gasteiger partial charge in [-0.15, -0.1) is 0 Å². The Morgan fingerprint density at radius 2 is 1.74 bits per heavy atom. The van der Waals surface area contributed by atoms with Gasteiger partial charge >= 0.3 is 167 Å². The van der Waals surface area contributed by atoms with E-state index in [9.17, 15) is 19.5 Å². The van der Waals surface area contributed by atoms with E-state index < -0.39 is 18.1 Å². The van der Waals surface area contributed by atoms with Crippen molar-refractivity contribution in [3.8, 4) is 17.0 Å². The molecule has 2 atom stereocenters. The Morgan fingerprint density at radius 3 is 2.33 bits per heavy atom. The van der Waals surface area contributed by atoms with E-state index in [2.05, 4.69) is 9.97 Å². The number of aromatic amines is 1. The summed E-state index contributed by atoms with van der Waals surface area (Å²) >= 11 is 2.02. The molecule has 2 radical (unpaired) electrons. The SMILES string of the molecule is COc1ccc(CN(C(=O)[C@@H](N)Cc2c(C)cc(C(=O)[As])cc2C)[C@@H](C)c2ncc(-c3ccccc3)[nH]2)cc1C(=O)O. The van der Waals surface area contributed by atoms with Gasteiger partial charge in [0.05, 0.1) is 19.0 Å². The van der Waals surface area contributed by atoms with Crippen molar-refractivity contribution in [2.24, 2.45) is 5.73 Å². The van der Waals surface area contributed by atoms with Crippen LogP contribution in [0.3, 0.4) is 0 Å². The Labute approximate surface area is 253 Å². The first kappa shape index (κ1) is 30.8. The minimum absolute atomic E-state index is 0.000791. The summed E-state index contributed by atoms with van der Waals surface area (Å²) in [5.74, 6) is -0.656. The molecule has 0 saturated carbocycles. The number of nitrogens with two attached hydrogens (primary N) is 1. The van der Waals surface area contributed by atoms with Crippen molar-refractivity contribution in [2.45, 2.75) is 45.8 Å². The number of aryl methyl sites for hydroxylation is 2. The Morgan fingerprint density at radius 1 is 1.07 bits per heavy atom. The summed E-state index contributed by atoms with van der Waals surface area (Å²) < 4.78 is 5.12. The molecule has 0 aliphatic carbocycles. The van der Waals surface area contributed by atoms with Gasteiger partial charge in [-0.25, -0.2) is 4.79 Å². The van der Waals surface area contributed by atoms with Crippen LogP contribution < -0.4 is 10.5 Å². The fourth-order valence-electron chi connectivity index (χ4n) is 5.04. The topological polar surface area (TPSA) is 139 Å². The summed E-state index contributed by atoms with van der Waals surface area (Å²) in [5.41, 5.74) is 12.2. The molecule has 42 heavy (non-hydrogen) atoms. The zero-order chi connectivity index (χ0) is 30.6. The number of carbonyl (C=O) groups is 3. The van der Waals surface area contributed by atoms with Gasteiger partial charge in [-0.1, -0.05) is 30.3 Å². The quantitative estimate of drug-likeness (QED) is 0.210. The number of rotatable bonds is 11. The number of carboxylic acid groups (broad SMARTS) is 1. The summed E-state index contributed by atoms with van der Waals surface area (Å²) in [4.78, 5) is 47.3. The number of hydrogen-bond donors (Lipinski definition) is 3. The molecule has 9 nitrogen and oxygen atoms in total. The smallest absolute Gasteiger partial charge is 0.478 e. The Balaban J connectivity index is 1.68. The first-order valence-electron chi connectivity index (χ1n) is 13.4. The summed E-state index contributed by atoms with van der Waals surface area (Å²) in [6.45, 7) is 5.75. The number of hydrogen-bond acceptors (Lipinski definition) is 6. The number of nitrogens with zero attached hydrogens (tertiary/aromatic N) is 2. The van der Waals surface area contributed by atoms with Crippen LogP contribution >= 0.6 is 0 Å². The van der Waals surface area contributed by atoms with Crippen molar-refractivity contribution < 1.29 is 24.2 Å². The van der Waals surface area contributed by atoms with Gasteiger partial charge < -0.3 is 9.84 Å². The molecular weight excluding hydrogens is 595 g/mol. The molecule has 10 heteroatoms. The molecule has 1 amide bonds. The van der Waals surface area contributed by atoms with Gasteiger partial charge in [-0.2, -0.15) is 0 Å². The van der Waals surface area contributed by atoms with Gasteiger partial charge in [-0.05, 0) is 11.6 Å². The minimum Gasteiger partial charge on any atom is -0.478 e. The molecular formula is C32H33AsN4O5. The van der Waals surface area contributed by atoms with E-state index in [-0.39, 0.29) is 34.8 Å². The number of carboxylic acids is 1. The molecule has 0 spiro atoms. The number of carbonyl (C=O) groups excluding carboxylic acids is 2. The minimum atomic E-state index is -1.13. The van der Waals surface area contributed by atoms with Crippen LogP contribution in [0.2, 0.25) is 0 Å². The molecule has 4 N–H and O–H groups in total. The number of ether oxygens (including phenoxy) is 1. The second kappa shape index (κ2) is 13.2. The van der Waals surface area contributed by atoms with Gasteiger partial charge in [-0.3, -0.25) is 0 Å². The van der Waals surface area contributed by atoms with Gasteiger partial charge in [0.2, 0.25) is 0 Å². The van der Waals surface area contributed by atoms with Crippen molar-refractivity contribution in [1.82, 2.24) is 14.9 Å². The summed E-state index contributed by atoms with van der Waals surface area (Å²) in [5, 5.41) is 9.70. The molecule has 4 rings (SSSR count). The third-order valence-electron chi connectivity index (χ3n) is 7.36. The molecule has 1 heterocycles. The maximum absolute atomic E-state index is 14.0. The number of aromatic nitrogens is 2. The van der Waals surface area contributed by atoms with E-state index in [1.54, 1.807) is 35.4 Å². The van der Waals surface area contributed by atoms with Crippen molar-refractivity contribution in [2.75, 3.05) is 7.11 Å². The monoisotopic (exact) mass is 628 g/mol. The van der Waals surface area contributed by atoms with Crippen molar-refractivity contribution >= 4 is 33.3 Å². The van der Waals surface area contributed by atoms with Crippen LogP contribution in [0.25, 0.3) is 11.3 Å². The number of nitrogens with one attached hydrogen (secondary N) is 1. The van der Waals surface area contributed by atoms with E-state index in [1.807, 2.05) is 68.0 Å². The van der Waals surface area contributed by atoms with E-state index in [4.69, 9.17) is 10.5 Å². The Kier molecular flexibility index (Phi) is 9.66. The number of imidazole rings is 1. The summed E-state index contributed by atoms with van der Waals surface area (Å²) in [7, 11) is 1.41. The van der Waals surface area contributed by atoms with Crippen LogP contribution in [0.4, 0.5) is 0 Å². The molecule has 0 unspecified atom stereocenters. The molecule has 4 aromatic rings. The first-order chi connectivity index (χ1) is 20.0. The summed E-state index contributed by atoms with van der Waals surface area (Å²) in [6.07, 6.45) is 1.99. The third kappa shape index (κ3) is 6.81. The van der Waals surface area contributed by atoms with E-state index in [0.29, 0.717) is 17.0 Å².